The highest BCUT2D eigenvalue weighted by Crippen LogP contribution is 2.46. The molecule has 0 aromatic heterocycles. The van der Waals surface area contributed by atoms with Gasteiger partial charge in [0.2, 0.25) is 17.7 Å². The Hall–Kier alpha value is -3.65. The van der Waals surface area contributed by atoms with Gasteiger partial charge in [0.05, 0.1) is 24.7 Å². The Morgan fingerprint density at radius 3 is 2.55 bits per heavy atom. The Morgan fingerprint density at radius 2 is 1.90 bits per heavy atom. The maximum Gasteiger partial charge on any atom is 0.318 e. The number of nitrogens with zero attached hydrogens (tertiary/aromatic N) is 4. The van der Waals surface area contributed by atoms with E-state index in [0.29, 0.717) is 50.8 Å². The fourth-order valence-electron chi connectivity index (χ4n) is 6.46. The van der Waals surface area contributed by atoms with Gasteiger partial charge in [-0.3, -0.25) is 14.4 Å². The molecule has 3 aliphatic heterocycles. The van der Waals surface area contributed by atoms with E-state index in [2.05, 4.69) is 16.7 Å². The number of benzene rings is 1. The monoisotopic (exact) mass is 578 g/mol. The fraction of sp³-hybridized carbons (Fsp3) is 0.645. The van der Waals surface area contributed by atoms with E-state index in [9.17, 15) is 24.4 Å². The first-order chi connectivity index (χ1) is 19.9. The number of fused-ring (bicyclic) bond motifs is 2. The fourth-order valence-corrected chi connectivity index (χ4v) is 6.46. The van der Waals surface area contributed by atoms with Gasteiger partial charge in [0.25, 0.3) is 0 Å². The number of para-hydroxylation sites is 1. The Morgan fingerprint density at radius 1 is 1.21 bits per heavy atom. The largest absolute Gasteiger partial charge is 0.378 e. The zero-order valence-corrected chi connectivity index (χ0v) is 25.0. The van der Waals surface area contributed by atoms with Crippen LogP contribution in [0.1, 0.15) is 58.4 Å². The molecule has 5 rings (SSSR count). The predicted molar refractivity (Wildman–Crippen MR) is 155 cm³/mol. The van der Waals surface area contributed by atoms with Gasteiger partial charge in [-0.2, -0.15) is 5.26 Å². The summed E-state index contributed by atoms with van der Waals surface area (Å²) in [5, 5.41) is 16.0. The molecule has 0 bridgehead atoms. The number of morpholine rings is 1. The molecule has 1 spiro atoms. The van der Waals surface area contributed by atoms with Crippen molar-refractivity contribution in [1.82, 2.24) is 20.0 Å². The number of rotatable bonds is 7. The van der Waals surface area contributed by atoms with E-state index in [4.69, 9.17) is 4.74 Å². The van der Waals surface area contributed by atoms with Gasteiger partial charge in [0.15, 0.2) is 0 Å². The van der Waals surface area contributed by atoms with Crippen molar-refractivity contribution in [1.29, 1.82) is 5.26 Å². The van der Waals surface area contributed by atoms with Crippen molar-refractivity contribution < 1.29 is 23.9 Å². The summed E-state index contributed by atoms with van der Waals surface area (Å²) >= 11 is 0. The lowest BCUT2D eigenvalue weighted by Gasteiger charge is -2.37. The molecule has 3 heterocycles. The first-order valence-electron chi connectivity index (χ1n) is 14.9. The van der Waals surface area contributed by atoms with Crippen LogP contribution in [0.25, 0.3) is 0 Å². The van der Waals surface area contributed by atoms with Crippen LogP contribution in [0, 0.1) is 22.7 Å². The zero-order valence-electron chi connectivity index (χ0n) is 25.0. The van der Waals surface area contributed by atoms with Gasteiger partial charge in [0, 0.05) is 38.8 Å². The number of likely N-dealkylation sites (N-methyl/N-ethyl adjacent to an activating group) is 1. The average molecular weight is 579 g/mol. The van der Waals surface area contributed by atoms with Crippen LogP contribution in [-0.2, 0) is 24.5 Å². The molecule has 1 aromatic carbocycles. The van der Waals surface area contributed by atoms with E-state index >= 15 is 0 Å². The Kier molecular flexibility index (Phi) is 8.21. The Bertz CT molecular complexity index is 1280. The normalized spacial score (nSPS) is 24.9. The molecule has 3 fully saturated rings. The Labute approximate surface area is 247 Å². The molecule has 2 saturated heterocycles. The number of urea groups is 1. The van der Waals surface area contributed by atoms with Crippen LogP contribution in [0.3, 0.4) is 0 Å². The molecule has 11 heteroatoms. The number of hydrogen-bond donors (Lipinski definition) is 2. The minimum Gasteiger partial charge on any atom is -0.378 e. The number of amides is 5. The van der Waals surface area contributed by atoms with E-state index in [-0.39, 0.29) is 42.1 Å². The number of ether oxygens (including phenoxy) is 1. The number of carbonyl (C=O) groups excluding carboxylic acids is 4. The maximum atomic E-state index is 14.4. The summed E-state index contributed by atoms with van der Waals surface area (Å²) in [6.07, 6.45) is 3.08. The van der Waals surface area contributed by atoms with Crippen LogP contribution in [0.15, 0.2) is 24.3 Å². The lowest BCUT2D eigenvalue weighted by atomic mass is 9.80. The molecule has 0 radical (unpaired) electrons. The van der Waals surface area contributed by atoms with Gasteiger partial charge in [-0.1, -0.05) is 51.8 Å². The molecule has 42 heavy (non-hydrogen) atoms. The van der Waals surface area contributed by atoms with Crippen molar-refractivity contribution in [2.24, 2.45) is 11.3 Å². The van der Waals surface area contributed by atoms with Crippen molar-refractivity contribution in [3.05, 3.63) is 29.8 Å². The molecule has 4 aliphatic rings. The second kappa shape index (κ2) is 11.6. The predicted octanol–water partition coefficient (Wildman–Crippen LogP) is 2.47. The molecule has 1 aromatic rings. The van der Waals surface area contributed by atoms with Crippen molar-refractivity contribution in [3.8, 4) is 6.07 Å². The molecule has 4 atom stereocenters. The summed E-state index contributed by atoms with van der Waals surface area (Å²) < 4.78 is 5.36. The number of nitrogens with one attached hydrogen (secondary N) is 2. The van der Waals surface area contributed by atoms with E-state index in [1.165, 1.54) is 9.80 Å². The zero-order chi connectivity index (χ0) is 30.2. The van der Waals surface area contributed by atoms with E-state index in [1.54, 1.807) is 11.9 Å². The lowest BCUT2D eigenvalue weighted by Crippen LogP contribution is -2.58. The number of nitriles is 1. The number of anilines is 1. The highest BCUT2D eigenvalue weighted by atomic mass is 16.5. The van der Waals surface area contributed by atoms with Gasteiger partial charge in [-0.15, -0.1) is 0 Å². The van der Waals surface area contributed by atoms with Crippen LogP contribution in [0.5, 0.6) is 0 Å². The minimum absolute atomic E-state index is 0.0643. The summed E-state index contributed by atoms with van der Waals surface area (Å²) in [5.41, 5.74) is 0.153. The summed E-state index contributed by atoms with van der Waals surface area (Å²) in [5.74, 6) is -0.536. The van der Waals surface area contributed by atoms with Crippen molar-refractivity contribution in [2.45, 2.75) is 76.4 Å². The second-order valence-corrected chi connectivity index (χ2v) is 13.4. The number of carbonyl (C=O) groups is 4. The van der Waals surface area contributed by atoms with Crippen LogP contribution in [0.2, 0.25) is 0 Å². The van der Waals surface area contributed by atoms with Crippen LogP contribution < -0.4 is 10.6 Å². The first kappa shape index (κ1) is 29.8. The smallest absolute Gasteiger partial charge is 0.318 e. The molecule has 0 unspecified atom stereocenters. The molecule has 1 aliphatic carbocycles. The number of likely N-dealkylation sites (tertiary alicyclic amines) is 1. The van der Waals surface area contributed by atoms with E-state index in [1.807, 2.05) is 45.0 Å². The van der Waals surface area contributed by atoms with Gasteiger partial charge in [-0.25, -0.2) is 4.79 Å². The highest BCUT2D eigenvalue weighted by molar-refractivity contribution is 6.07. The highest BCUT2D eigenvalue weighted by Gasteiger charge is 2.57. The van der Waals surface area contributed by atoms with Crippen molar-refractivity contribution >= 4 is 29.4 Å². The molecule has 1 saturated carbocycles. The van der Waals surface area contributed by atoms with Crippen molar-refractivity contribution in [3.63, 3.8) is 0 Å². The van der Waals surface area contributed by atoms with Crippen LogP contribution in [0.4, 0.5) is 10.5 Å². The minimum atomic E-state index is -1.01. The lowest BCUT2D eigenvalue weighted by molar-refractivity contribution is -0.147. The quantitative estimate of drug-likeness (QED) is 0.511. The third-order valence-electron chi connectivity index (χ3n) is 8.98. The topological polar surface area (TPSA) is 135 Å². The summed E-state index contributed by atoms with van der Waals surface area (Å²) in [6.45, 7) is 7.90. The molecule has 2 N–H and O–H groups in total. The SMILES string of the molecule is CN(C(=O)[C@H](CC1CC1)NC(=O)N1CCOCC1)[C@@H](CC(C)(C)C)C(=O)N1C[C@]2(C[C@H]1C#N)C(=O)Nc1ccccc12. The van der Waals surface area contributed by atoms with Gasteiger partial charge in [0.1, 0.15) is 18.1 Å². The summed E-state index contributed by atoms with van der Waals surface area (Å²) in [4.78, 5) is 59.4. The van der Waals surface area contributed by atoms with Gasteiger partial charge < -0.3 is 30.1 Å². The molecular weight excluding hydrogens is 536 g/mol. The Balaban J connectivity index is 1.39. The van der Waals surface area contributed by atoms with Gasteiger partial charge in [-0.05, 0) is 35.8 Å². The third kappa shape index (κ3) is 5.95. The maximum absolute atomic E-state index is 14.4. The second-order valence-electron chi connectivity index (χ2n) is 13.4. The van der Waals surface area contributed by atoms with E-state index < -0.39 is 23.5 Å². The first-order valence-corrected chi connectivity index (χ1v) is 14.9. The molecule has 5 amide bonds. The average Bonchev–Trinajstić information content (AvgIpc) is 3.64. The molecular formula is C31H42N6O5. The van der Waals surface area contributed by atoms with Crippen LogP contribution >= 0.6 is 0 Å². The number of hydrogen-bond acceptors (Lipinski definition) is 6. The van der Waals surface area contributed by atoms with E-state index in [0.717, 1.165) is 18.4 Å². The molecule has 226 valence electrons. The van der Waals surface area contributed by atoms with Gasteiger partial charge >= 0.3 is 6.03 Å². The summed E-state index contributed by atoms with van der Waals surface area (Å²) in [7, 11) is 1.61. The van der Waals surface area contributed by atoms with Crippen LogP contribution in [-0.4, -0.2) is 96.5 Å². The van der Waals surface area contributed by atoms with Crippen molar-refractivity contribution in [2.75, 3.05) is 45.2 Å². The summed E-state index contributed by atoms with van der Waals surface area (Å²) in [6, 6.07) is 6.89. The molecule has 11 nitrogen and oxygen atoms in total. The standard InChI is InChI=1S/C31H42N6O5/c1-30(2,3)17-25(35(4)26(38)24(15-20-9-10-20)34-29(41)36-11-13-42-14-12-36)27(39)37-19-31(16-21(37)18-32)22-7-5-6-8-23(22)33-28(31)40/h5-8,20-21,24-25H,9-17,19H2,1-4H3,(H,33,40)(H,34,41)/t21-,24-,25-,31-/m0/s1. The third-order valence-corrected chi connectivity index (χ3v) is 8.98.